The Labute approximate surface area is 167 Å². The van der Waals surface area contributed by atoms with Crippen LogP contribution in [-0.2, 0) is 5.75 Å². The maximum Gasteiger partial charge on any atom is 0.191 e. The Balaban J connectivity index is 1.84. The Hall–Kier alpha value is -1.90. The first kappa shape index (κ1) is 19.9. The third-order valence-corrected chi connectivity index (χ3v) is 5.85. The number of aryl methyl sites for hydroxylation is 1. The van der Waals surface area contributed by atoms with Crippen molar-refractivity contribution in [1.29, 1.82) is 0 Å². The summed E-state index contributed by atoms with van der Waals surface area (Å²) in [6, 6.07) is 8.37. The number of thioether (sulfide) groups is 1. The van der Waals surface area contributed by atoms with Crippen molar-refractivity contribution in [1.82, 2.24) is 15.0 Å². The number of nitrogens with one attached hydrogen (secondary N) is 1. The Morgan fingerprint density at radius 1 is 1.19 bits per heavy atom. The number of aromatic nitrogens is 3. The number of nitrogens with two attached hydrogens (primary N) is 1. The number of fused-ring (bicyclic) bond motifs is 1. The summed E-state index contributed by atoms with van der Waals surface area (Å²) in [5.74, 6) is 1.94. The van der Waals surface area contributed by atoms with Gasteiger partial charge in [0.2, 0.25) is 0 Å². The van der Waals surface area contributed by atoms with Crippen LogP contribution in [0.2, 0.25) is 0 Å². The number of rotatable bonds is 8. The molecule has 0 amide bonds. The predicted octanol–water partition coefficient (Wildman–Crippen LogP) is 4.09. The molecule has 0 bridgehead atoms. The molecule has 3 rings (SSSR count). The van der Waals surface area contributed by atoms with Gasteiger partial charge in [-0.25, -0.2) is 15.0 Å². The molecule has 1 unspecified atom stereocenters. The van der Waals surface area contributed by atoms with Crippen LogP contribution in [0.25, 0.3) is 10.3 Å². The summed E-state index contributed by atoms with van der Waals surface area (Å²) in [6.07, 6.45) is 0.849. The van der Waals surface area contributed by atoms with Gasteiger partial charge >= 0.3 is 0 Å². The minimum absolute atomic E-state index is 0.0454. The van der Waals surface area contributed by atoms with Crippen LogP contribution in [0.1, 0.15) is 31.4 Å². The molecule has 0 fully saturated rings. The average Bonchev–Trinajstić information content (AvgIpc) is 3.00. The molecule has 1 aromatic carbocycles. The quantitative estimate of drug-likeness (QED) is 0.385. The smallest absolute Gasteiger partial charge is 0.191 e. The van der Waals surface area contributed by atoms with Crippen LogP contribution in [-0.4, -0.2) is 32.7 Å². The monoisotopic (exact) mass is 403 g/mol. The van der Waals surface area contributed by atoms with Gasteiger partial charge in [-0.15, -0.1) is 0 Å². The van der Waals surface area contributed by atoms with E-state index < -0.39 is 0 Å². The summed E-state index contributed by atoms with van der Waals surface area (Å²) < 4.78 is 0.828. The van der Waals surface area contributed by atoms with Crippen molar-refractivity contribution in [3.05, 3.63) is 35.4 Å². The van der Waals surface area contributed by atoms with Crippen molar-refractivity contribution in [2.75, 3.05) is 17.7 Å². The first-order valence-corrected chi connectivity index (χ1v) is 10.7. The number of benzene rings is 1. The third kappa shape index (κ3) is 5.31. The third-order valence-electron chi connectivity index (χ3n) is 4.06. The van der Waals surface area contributed by atoms with Crippen LogP contribution in [0, 0.1) is 12.8 Å². The van der Waals surface area contributed by atoms with Gasteiger partial charge in [0.15, 0.2) is 21.8 Å². The molecule has 27 heavy (non-hydrogen) atoms. The molecule has 0 aliphatic heterocycles. The Bertz CT molecular complexity index is 895. The summed E-state index contributed by atoms with van der Waals surface area (Å²) in [4.78, 5) is 13.6. The van der Waals surface area contributed by atoms with Gasteiger partial charge in [-0.05, 0) is 24.8 Å². The molecular formula is C19H25N5OS2. The Morgan fingerprint density at radius 2 is 1.93 bits per heavy atom. The van der Waals surface area contributed by atoms with Gasteiger partial charge < -0.3 is 16.2 Å². The number of aliphatic hydroxyl groups is 1. The summed E-state index contributed by atoms with van der Waals surface area (Å²) >= 11 is 2.93. The molecule has 2 aromatic heterocycles. The SMILES string of the molecule is Cc1ccc(CSc2nc(NC(CO)CC(C)C)c3sc(N)nc3n2)cc1. The molecule has 0 radical (unpaired) electrons. The van der Waals surface area contributed by atoms with E-state index in [1.54, 1.807) is 11.8 Å². The van der Waals surface area contributed by atoms with Crippen LogP contribution in [0.15, 0.2) is 29.4 Å². The van der Waals surface area contributed by atoms with E-state index in [1.165, 1.54) is 22.5 Å². The van der Waals surface area contributed by atoms with Crippen molar-refractivity contribution >= 4 is 44.4 Å². The number of hydrogen-bond donors (Lipinski definition) is 3. The number of nitrogens with zero attached hydrogens (tertiary/aromatic N) is 3. The molecule has 0 saturated heterocycles. The minimum atomic E-state index is -0.0682. The van der Waals surface area contributed by atoms with E-state index in [9.17, 15) is 5.11 Å². The molecule has 8 heteroatoms. The van der Waals surface area contributed by atoms with Crippen LogP contribution in [0.4, 0.5) is 10.9 Å². The van der Waals surface area contributed by atoms with Crippen LogP contribution < -0.4 is 11.1 Å². The van der Waals surface area contributed by atoms with E-state index in [-0.39, 0.29) is 12.6 Å². The number of nitrogen functional groups attached to an aromatic ring is 1. The molecule has 0 aliphatic carbocycles. The van der Waals surface area contributed by atoms with Crippen molar-refractivity contribution in [3.8, 4) is 0 Å². The lowest BCUT2D eigenvalue weighted by molar-refractivity contribution is 0.259. The molecule has 3 aromatic rings. The summed E-state index contributed by atoms with van der Waals surface area (Å²) in [7, 11) is 0. The lowest BCUT2D eigenvalue weighted by Crippen LogP contribution is -2.26. The molecule has 2 heterocycles. The second-order valence-corrected chi connectivity index (χ2v) is 8.96. The van der Waals surface area contributed by atoms with Gasteiger partial charge in [0, 0.05) is 5.75 Å². The zero-order valence-electron chi connectivity index (χ0n) is 15.8. The van der Waals surface area contributed by atoms with Crippen molar-refractivity contribution in [2.24, 2.45) is 5.92 Å². The lowest BCUT2D eigenvalue weighted by atomic mass is 10.0. The highest BCUT2D eigenvalue weighted by Crippen LogP contribution is 2.32. The van der Waals surface area contributed by atoms with Gasteiger partial charge in [0.1, 0.15) is 4.70 Å². The lowest BCUT2D eigenvalue weighted by Gasteiger charge is -2.19. The molecule has 144 valence electrons. The second-order valence-electron chi connectivity index (χ2n) is 6.99. The molecule has 0 spiro atoms. The van der Waals surface area contributed by atoms with Gasteiger partial charge in [0.25, 0.3) is 0 Å². The predicted molar refractivity (Wildman–Crippen MR) is 114 cm³/mol. The number of anilines is 2. The van der Waals surface area contributed by atoms with Gasteiger partial charge in [-0.1, -0.05) is 66.8 Å². The van der Waals surface area contributed by atoms with Gasteiger partial charge in [-0.3, -0.25) is 0 Å². The number of aliphatic hydroxyl groups excluding tert-OH is 1. The zero-order chi connectivity index (χ0) is 19.4. The zero-order valence-corrected chi connectivity index (χ0v) is 17.4. The fourth-order valence-corrected chi connectivity index (χ4v) is 4.28. The van der Waals surface area contributed by atoms with Crippen molar-refractivity contribution in [2.45, 2.75) is 44.1 Å². The molecule has 4 N–H and O–H groups in total. The first-order chi connectivity index (χ1) is 12.9. The molecule has 1 atom stereocenters. The number of thiazole rings is 1. The molecule has 6 nitrogen and oxygen atoms in total. The summed E-state index contributed by atoms with van der Waals surface area (Å²) in [5.41, 5.74) is 8.95. The van der Waals surface area contributed by atoms with Gasteiger partial charge in [-0.2, -0.15) is 0 Å². The maximum atomic E-state index is 9.71. The topological polar surface area (TPSA) is 97.0 Å². The molecule has 0 aliphatic rings. The highest BCUT2D eigenvalue weighted by Gasteiger charge is 2.17. The second kappa shape index (κ2) is 8.86. The maximum absolute atomic E-state index is 9.71. The van der Waals surface area contributed by atoms with E-state index in [1.807, 2.05) is 0 Å². The van der Waals surface area contributed by atoms with Crippen LogP contribution in [0.5, 0.6) is 0 Å². The van der Waals surface area contributed by atoms with E-state index >= 15 is 0 Å². The van der Waals surface area contributed by atoms with E-state index in [4.69, 9.17) is 5.73 Å². The standard InChI is InChI=1S/C19H25N5OS2/c1-11(2)8-14(9-25)21-16-15-17(22-18(20)27-15)24-19(23-16)26-10-13-6-4-12(3)5-7-13/h4-7,11,14,25H,8-10H2,1-3H3,(H3,20,21,22,23,24). The van der Waals surface area contributed by atoms with Gasteiger partial charge in [0.05, 0.1) is 12.6 Å². The normalized spacial score (nSPS) is 12.6. The van der Waals surface area contributed by atoms with Crippen LogP contribution in [0.3, 0.4) is 0 Å². The summed E-state index contributed by atoms with van der Waals surface area (Å²) in [6.45, 7) is 6.39. The van der Waals surface area contributed by atoms with Crippen LogP contribution >= 0.6 is 23.1 Å². The fourth-order valence-electron chi connectivity index (χ4n) is 2.76. The minimum Gasteiger partial charge on any atom is -0.394 e. The molecule has 0 saturated carbocycles. The highest BCUT2D eigenvalue weighted by molar-refractivity contribution is 7.98. The largest absolute Gasteiger partial charge is 0.394 e. The first-order valence-electron chi connectivity index (χ1n) is 8.94. The average molecular weight is 404 g/mol. The van der Waals surface area contributed by atoms with E-state index in [0.29, 0.717) is 27.7 Å². The highest BCUT2D eigenvalue weighted by atomic mass is 32.2. The number of hydrogen-bond acceptors (Lipinski definition) is 8. The Morgan fingerprint density at radius 3 is 2.59 bits per heavy atom. The van der Waals surface area contributed by atoms with E-state index in [2.05, 4.69) is 65.3 Å². The molecular weight excluding hydrogens is 378 g/mol. The Kier molecular flexibility index (Phi) is 6.51. The summed E-state index contributed by atoms with van der Waals surface area (Å²) in [5, 5.41) is 14.2. The van der Waals surface area contributed by atoms with Crippen molar-refractivity contribution < 1.29 is 5.11 Å². The van der Waals surface area contributed by atoms with E-state index in [0.717, 1.165) is 16.9 Å². The fraction of sp³-hybridized carbons (Fsp3) is 0.421. The van der Waals surface area contributed by atoms with Crippen molar-refractivity contribution in [3.63, 3.8) is 0 Å².